The molecule has 1 aromatic rings. The van der Waals surface area contributed by atoms with E-state index in [1.807, 2.05) is 37.3 Å². The third-order valence-electron chi connectivity index (χ3n) is 4.91. The van der Waals surface area contributed by atoms with Crippen LogP contribution >= 0.6 is 0 Å². The second-order valence-corrected chi connectivity index (χ2v) is 6.42. The van der Waals surface area contributed by atoms with E-state index in [9.17, 15) is 9.59 Å². The lowest BCUT2D eigenvalue weighted by molar-refractivity contribution is -0.136. The SMILES string of the molecule is CCN(C(=O)C1(C(=O)NC2CCCC2)CC1)c1ccccc1. The largest absolute Gasteiger partial charge is 0.352 e. The van der Waals surface area contributed by atoms with Crippen LogP contribution < -0.4 is 10.2 Å². The number of rotatable bonds is 5. The molecule has 2 fully saturated rings. The molecule has 0 radical (unpaired) electrons. The van der Waals surface area contributed by atoms with Gasteiger partial charge in [-0.2, -0.15) is 0 Å². The highest BCUT2D eigenvalue weighted by Gasteiger charge is 2.58. The lowest BCUT2D eigenvalue weighted by Crippen LogP contribution is -2.47. The maximum absolute atomic E-state index is 12.9. The Morgan fingerprint density at radius 1 is 1.18 bits per heavy atom. The van der Waals surface area contributed by atoms with Crippen LogP contribution in [0.5, 0.6) is 0 Å². The molecule has 118 valence electrons. The number of nitrogens with zero attached hydrogens (tertiary/aromatic N) is 1. The molecule has 4 heteroatoms. The number of benzene rings is 1. The number of para-hydroxylation sites is 1. The first-order valence-electron chi connectivity index (χ1n) is 8.35. The molecule has 0 heterocycles. The van der Waals surface area contributed by atoms with Gasteiger partial charge in [0.05, 0.1) is 0 Å². The molecule has 0 aromatic heterocycles. The first-order valence-corrected chi connectivity index (χ1v) is 8.35. The summed E-state index contributed by atoms with van der Waals surface area (Å²) in [6.07, 6.45) is 5.80. The van der Waals surface area contributed by atoms with Gasteiger partial charge in [-0.1, -0.05) is 31.0 Å². The van der Waals surface area contributed by atoms with Gasteiger partial charge in [0.2, 0.25) is 11.8 Å². The maximum Gasteiger partial charge on any atom is 0.242 e. The third-order valence-corrected chi connectivity index (χ3v) is 4.91. The minimum absolute atomic E-state index is 0.0447. The van der Waals surface area contributed by atoms with Crippen LogP contribution in [0.25, 0.3) is 0 Å². The van der Waals surface area contributed by atoms with Gasteiger partial charge in [-0.3, -0.25) is 9.59 Å². The van der Waals surface area contributed by atoms with Crippen LogP contribution in [0.2, 0.25) is 0 Å². The van der Waals surface area contributed by atoms with Crippen LogP contribution in [-0.2, 0) is 9.59 Å². The van der Waals surface area contributed by atoms with Crippen molar-refractivity contribution in [1.82, 2.24) is 5.32 Å². The summed E-state index contributed by atoms with van der Waals surface area (Å²) in [7, 11) is 0. The summed E-state index contributed by atoms with van der Waals surface area (Å²) < 4.78 is 0. The van der Waals surface area contributed by atoms with E-state index in [0.29, 0.717) is 19.4 Å². The van der Waals surface area contributed by atoms with Crippen LogP contribution in [0.4, 0.5) is 5.69 Å². The Kier molecular flexibility index (Phi) is 4.19. The van der Waals surface area contributed by atoms with Gasteiger partial charge in [-0.25, -0.2) is 0 Å². The third kappa shape index (κ3) is 2.74. The monoisotopic (exact) mass is 300 g/mol. The van der Waals surface area contributed by atoms with Gasteiger partial charge in [0.15, 0.2) is 0 Å². The first-order chi connectivity index (χ1) is 10.7. The summed E-state index contributed by atoms with van der Waals surface area (Å²) in [5, 5.41) is 3.11. The Labute approximate surface area is 131 Å². The van der Waals surface area contributed by atoms with Gasteiger partial charge in [-0.05, 0) is 44.7 Å². The molecule has 0 saturated heterocycles. The Morgan fingerprint density at radius 3 is 2.36 bits per heavy atom. The molecule has 0 unspecified atom stereocenters. The van der Waals surface area contributed by atoms with Crippen molar-refractivity contribution in [2.75, 3.05) is 11.4 Å². The fraction of sp³-hybridized carbons (Fsp3) is 0.556. The Bertz CT molecular complexity index is 545. The number of carbonyl (C=O) groups is 2. The molecule has 4 nitrogen and oxygen atoms in total. The van der Waals surface area contributed by atoms with Crippen molar-refractivity contribution >= 4 is 17.5 Å². The van der Waals surface area contributed by atoms with Crippen LogP contribution in [0.1, 0.15) is 45.4 Å². The average molecular weight is 300 g/mol. The minimum atomic E-state index is -0.811. The van der Waals surface area contributed by atoms with E-state index in [0.717, 1.165) is 18.5 Å². The van der Waals surface area contributed by atoms with Gasteiger partial charge < -0.3 is 10.2 Å². The summed E-state index contributed by atoms with van der Waals surface area (Å²) >= 11 is 0. The summed E-state index contributed by atoms with van der Waals surface area (Å²) in [5.41, 5.74) is 0.0592. The van der Waals surface area contributed by atoms with Crippen molar-refractivity contribution in [3.05, 3.63) is 30.3 Å². The molecule has 0 aliphatic heterocycles. The van der Waals surface area contributed by atoms with Crippen molar-refractivity contribution in [3.8, 4) is 0 Å². The molecule has 2 aliphatic carbocycles. The number of anilines is 1. The molecule has 3 rings (SSSR count). The second-order valence-electron chi connectivity index (χ2n) is 6.42. The molecule has 0 spiro atoms. The van der Waals surface area contributed by atoms with E-state index >= 15 is 0 Å². The Hall–Kier alpha value is -1.84. The normalized spacial score (nSPS) is 19.7. The summed E-state index contributed by atoms with van der Waals surface area (Å²) in [4.78, 5) is 27.3. The molecule has 2 saturated carbocycles. The summed E-state index contributed by atoms with van der Waals surface area (Å²) in [6.45, 7) is 2.54. The number of hydrogen-bond donors (Lipinski definition) is 1. The Morgan fingerprint density at radius 2 is 1.82 bits per heavy atom. The van der Waals surface area contributed by atoms with Gasteiger partial charge in [0.25, 0.3) is 0 Å². The molecule has 1 aromatic carbocycles. The molecule has 2 aliphatic rings. The molecule has 0 bridgehead atoms. The van der Waals surface area contributed by atoms with Crippen LogP contribution in [-0.4, -0.2) is 24.4 Å². The highest BCUT2D eigenvalue weighted by atomic mass is 16.2. The molecule has 2 amide bonds. The van der Waals surface area contributed by atoms with E-state index in [4.69, 9.17) is 0 Å². The minimum Gasteiger partial charge on any atom is -0.352 e. The van der Waals surface area contributed by atoms with Crippen molar-refractivity contribution < 1.29 is 9.59 Å². The number of hydrogen-bond acceptors (Lipinski definition) is 2. The predicted molar refractivity (Wildman–Crippen MR) is 86.5 cm³/mol. The number of amides is 2. The maximum atomic E-state index is 12.9. The van der Waals surface area contributed by atoms with Gasteiger partial charge in [0.1, 0.15) is 5.41 Å². The average Bonchev–Trinajstić information content (AvgIpc) is 3.21. The van der Waals surface area contributed by atoms with Crippen molar-refractivity contribution in [1.29, 1.82) is 0 Å². The zero-order chi connectivity index (χ0) is 15.6. The zero-order valence-corrected chi connectivity index (χ0v) is 13.2. The molecule has 0 atom stereocenters. The standard InChI is InChI=1S/C18H24N2O2/c1-2-20(15-10-4-3-5-11-15)17(22)18(12-13-18)16(21)19-14-8-6-7-9-14/h3-5,10-11,14H,2,6-9,12-13H2,1H3,(H,19,21). The topological polar surface area (TPSA) is 49.4 Å². The smallest absolute Gasteiger partial charge is 0.242 e. The first kappa shape index (κ1) is 15.1. The fourth-order valence-electron chi connectivity index (χ4n) is 3.37. The molecular formula is C18H24N2O2. The molecule has 1 N–H and O–H groups in total. The zero-order valence-electron chi connectivity index (χ0n) is 13.2. The highest BCUT2D eigenvalue weighted by molar-refractivity contribution is 6.14. The van der Waals surface area contributed by atoms with Crippen molar-refractivity contribution in [2.45, 2.75) is 51.5 Å². The van der Waals surface area contributed by atoms with Crippen LogP contribution in [0.3, 0.4) is 0 Å². The molecule has 22 heavy (non-hydrogen) atoms. The van der Waals surface area contributed by atoms with Gasteiger partial charge >= 0.3 is 0 Å². The lowest BCUT2D eigenvalue weighted by atomic mass is 10.0. The van der Waals surface area contributed by atoms with E-state index < -0.39 is 5.41 Å². The molecular weight excluding hydrogens is 276 g/mol. The number of nitrogens with one attached hydrogen (secondary N) is 1. The highest BCUT2D eigenvalue weighted by Crippen LogP contribution is 2.48. The van der Waals surface area contributed by atoms with Crippen LogP contribution in [0.15, 0.2) is 30.3 Å². The number of carbonyl (C=O) groups excluding carboxylic acids is 2. The second kappa shape index (κ2) is 6.11. The van der Waals surface area contributed by atoms with E-state index in [2.05, 4.69) is 5.32 Å². The summed E-state index contributed by atoms with van der Waals surface area (Å²) in [5.74, 6) is -0.101. The fourth-order valence-corrected chi connectivity index (χ4v) is 3.37. The van der Waals surface area contributed by atoms with Gasteiger partial charge in [-0.15, -0.1) is 0 Å². The van der Waals surface area contributed by atoms with E-state index in [1.165, 1.54) is 12.8 Å². The van der Waals surface area contributed by atoms with Crippen LogP contribution in [0, 0.1) is 5.41 Å². The summed E-state index contributed by atoms with van der Waals surface area (Å²) in [6, 6.07) is 9.89. The van der Waals surface area contributed by atoms with E-state index in [-0.39, 0.29) is 17.9 Å². The lowest BCUT2D eigenvalue weighted by Gasteiger charge is -2.26. The van der Waals surface area contributed by atoms with Crippen molar-refractivity contribution in [2.24, 2.45) is 5.41 Å². The predicted octanol–water partition coefficient (Wildman–Crippen LogP) is 2.88. The quantitative estimate of drug-likeness (QED) is 0.850. The van der Waals surface area contributed by atoms with Crippen molar-refractivity contribution in [3.63, 3.8) is 0 Å². The van der Waals surface area contributed by atoms with E-state index in [1.54, 1.807) is 4.90 Å². The van der Waals surface area contributed by atoms with Gasteiger partial charge in [0, 0.05) is 18.3 Å². The Balaban J connectivity index is 1.73.